The van der Waals surface area contributed by atoms with E-state index in [1.165, 1.54) is 6.33 Å². The summed E-state index contributed by atoms with van der Waals surface area (Å²) >= 11 is 0. The molecule has 0 saturated carbocycles. The van der Waals surface area contributed by atoms with Crippen molar-refractivity contribution in [3.8, 4) is 11.3 Å². The number of aromatic nitrogens is 2. The Morgan fingerprint density at radius 3 is 2.59 bits per heavy atom. The highest BCUT2D eigenvalue weighted by Gasteiger charge is 2.28. The number of rotatable bonds is 5. The van der Waals surface area contributed by atoms with Crippen LogP contribution in [0.3, 0.4) is 0 Å². The van der Waals surface area contributed by atoms with Crippen LogP contribution < -0.4 is 5.32 Å². The fraction of sp³-hybridized carbons (Fsp3) is 0.238. The molecule has 6 heteroatoms. The maximum absolute atomic E-state index is 12.9. The molecule has 0 unspecified atom stereocenters. The van der Waals surface area contributed by atoms with Gasteiger partial charge in [0, 0.05) is 28.6 Å². The van der Waals surface area contributed by atoms with Crippen molar-refractivity contribution in [1.82, 2.24) is 20.2 Å². The minimum absolute atomic E-state index is 0.0594. The number of nitrogens with zero attached hydrogens (tertiary/aromatic N) is 3. The zero-order valence-electron chi connectivity index (χ0n) is 15.3. The van der Waals surface area contributed by atoms with Gasteiger partial charge in [0.25, 0.3) is 5.91 Å². The van der Waals surface area contributed by atoms with Gasteiger partial charge >= 0.3 is 0 Å². The quantitative estimate of drug-likeness (QED) is 0.554. The first-order valence-electron chi connectivity index (χ1n) is 8.92. The van der Waals surface area contributed by atoms with Crippen LogP contribution in [0.5, 0.6) is 0 Å². The molecule has 0 spiro atoms. The molecule has 0 saturated heterocycles. The molecule has 0 aliphatic heterocycles. The highest BCUT2D eigenvalue weighted by Crippen LogP contribution is 2.37. The molecule has 1 amide bonds. The number of hydrogen-bond donors (Lipinski definition) is 1. The van der Waals surface area contributed by atoms with Crippen LogP contribution in [-0.4, -0.2) is 53.7 Å². The van der Waals surface area contributed by atoms with Crippen molar-refractivity contribution in [2.24, 2.45) is 0 Å². The van der Waals surface area contributed by atoms with Crippen molar-refractivity contribution in [2.45, 2.75) is 6.42 Å². The summed E-state index contributed by atoms with van der Waals surface area (Å²) < 4.78 is 0. The lowest BCUT2D eigenvalue weighted by Gasteiger charge is -2.19. The number of amides is 1. The van der Waals surface area contributed by atoms with Crippen molar-refractivity contribution in [3.63, 3.8) is 0 Å². The van der Waals surface area contributed by atoms with E-state index in [-0.39, 0.29) is 11.7 Å². The van der Waals surface area contributed by atoms with E-state index in [1.807, 2.05) is 32.3 Å². The fourth-order valence-electron chi connectivity index (χ4n) is 3.48. The molecule has 6 nitrogen and oxygen atoms in total. The third kappa shape index (κ3) is 2.98. The van der Waals surface area contributed by atoms with E-state index >= 15 is 0 Å². The summed E-state index contributed by atoms with van der Waals surface area (Å²) in [5.74, 6) is -0.243. The van der Waals surface area contributed by atoms with Crippen LogP contribution in [0.25, 0.3) is 22.2 Å². The molecule has 1 aliphatic carbocycles. The van der Waals surface area contributed by atoms with Crippen LogP contribution in [0.1, 0.15) is 32.7 Å². The average Bonchev–Trinajstić information content (AvgIpc) is 2.68. The normalized spacial score (nSPS) is 12.3. The second-order valence-corrected chi connectivity index (χ2v) is 6.89. The fourth-order valence-corrected chi connectivity index (χ4v) is 3.48. The Labute approximate surface area is 157 Å². The summed E-state index contributed by atoms with van der Waals surface area (Å²) in [6.45, 7) is 1.48. The van der Waals surface area contributed by atoms with Crippen molar-refractivity contribution < 1.29 is 9.59 Å². The van der Waals surface area contributed by atoms with E-state index in [2.05, 4.69) is 20.2 Å². The first-order chi connectivity index (χ1) is 13.1. The molecule has 0 fully saturated rings. The molecule has 1 heterocycles. The van der Waals surface area contributed by atoms with Crippen LogP contribution in [0.4, 0.5) is 0 Å². The van der Waals surface area contributed by atoms with E-state index in [0.29, 0.717) is 39.8 Å². The minimum Gasteiger partial charge on any atom is -0.352 e. The van der Waals surface area contributed by atoms with Gasteiger partial charge in [-0.05, 0) is 39.2 Å². The summed E-state index contributed by atoms with van der Waals surface area (Å²) in [6, 6.07) is 10.8. The number of ketones is 1. The minimum atomic E-state index is -0.184. The zero-order valence-corrected chi connectivity index (χ0v) is 15.3. The van der Waals surface area contributed by atoms with Gasteiger partial charge in [0.1, 0.15) is 6.33 Å². The molecule has 4 rings (SSSR count). The zero-order chi connectivity index (χ0) is 19.0. The highest BCUT2D eigenvalue weighted by molar-refractivity contribution is 6.26. The van der Waals surface area contributed by atoms with E-state index in [0.717, 1.165) is 18.5 Å². The molecule has 1 aromatic heterocycles. The van der Waals surface area contributed by atoms with Gasteiger partial charge < -0.3 is 10.2 Å². The first-order valence-corrected chi connectivity index (χ1v) is 8.92. The summed E-state index contributed by atoms with van der Waals surface area (Å²) in [6.07, 6.45) is 2.32. The Hall–Kier alpha value is -3.12. The molecule has 1 aliphatic rings. The standard InChI is InChI=1S/C21H20N4O2/c1-25(2)11-5-10-22-21(27)16-9-8-15-17-18(23-12-24-19(16)17)13-6-3-4-7-14(13)20(15)26/h3-4,6-9,12H,5,10-11H2,1-2H3,(H,22,27). The lowest BCUT2D eigenvalue weighted by molar-refractivity contribution is 0.0952. The Morgan fingerprint density at radius 1 is 1.04 bits per heavy atom. The van der Waals surface area contributed by atoms with E-state index in [4.69, 9.17) is 0 Å². The summed E-state index contributed by atoms with van der Waals surface area (Å²) in [5.41, 5.74) is 3.65. The van der Waals surface area contributed by atoms with Gasteiger partial charge in [-0.1, -0.05) is 24.3 Å². The second kappa shape index (κ2) is 6.89. The smallest absolute Gasteiger partial charge is 0.253 e. The Bertz CT molecular complexity index is 1060. The van der Waals surface area contributed by atoms with Gasteiger partial charge in [-0.15, -0.1) is 0 Å². The van der Waals surface area contributed by atoms with Crippen LogP contribution in [-0.2, 0) is 0 Å². The molecule has 3 aromatic rings. The predicted molar refractivity (Wildman–Crippen MR) is 104 cm³/mol. The van der Waals surface area contributed by atoms with Gasteiger partial charge in [-0.2, -0.15) is 0 Å². The summed E-state index contributed by atoms with van der Waals surface area (Å²) in [7, 11) is 4.00. The molecule has 136 valence electrons. The average molecular weight is 360 g/mol. The maximum atomic E-state index is 12.9. The van der Waals surface area contributed by atoms with Crippen molar-refractivity contribution >= 4 is 22.6 Å². The summed E-state index contributed by atoms with van der Waals surface area (Å²) in [4.78, 5) is 36.4. The maximum Gasteiger partial charge on any atom is 0.253 e. The first kappa shape index (κ1) is 17.3. The van der Waals surface area contributed by atoms with Gasteiger partial charge in [-0.25, -0.2) is 9.97 Å². The number of benzene rings is 2. The summed E-state index contributed by atoms with van der Waals surface area (Å²) in [5, 5.41) is 3.60. The predicted octanol–water partition coefficient (Wildman–Crippen LogP) is 2.52. The highest BCUT2D eigenvalue weighted by atomic mass is 16.1. The third-order valence-corrected chi connectivity index (χ3v) is 4.77. The van der Waals surface area contributed by atoms with E-state index < -0.39 is 0 Å². The van der Waals surface area contributed by atoms with Gasteiger partial charge in [-0.3, -0.25) is 9.59 Å². The number of fused-ring (bicyclic) bond motifs is 2. The number of carbonyl (C=O) groups is 2. The molecule has 0 radical (unpaired) electrons. The molecule has 0 bridgehead atoms. The van der Waals surface area contributed by atoms with E-state index in [1.54, 1.807) is 18.2 Å². The Morgan fingerprint density at radius 2 is 1.81 bits per heavy atom. The molecule has 1 N–H and O–H groups in total. The largest absolute Gasteiger partial charge is 0.352 e. The van der Waals surface area contributed by atoms with Gasteiger partial charge in [0.05, 0.1) is 16.8 Å². The Kier molecular flexibility index (Phi) is 4.41. The van der Waals surface area contributed by atoms with Crippen LogP contribution in [0, 0.1) is 0 Å². The Balaban J connectivity index is 1.76. The third-order valence-electron chi connectivity index (χ3n) is 4.77. The molecule has 27 heavy (non-hydrogen) atoms. The lowest BCUT2D eigenvalue weighted by Crippen LogP contribution is -2.27. The molecular formula is C21H20N4O2. The topological polar surface area (TPSA) is 75.2 Å². The van der Waals surface area contributed by atoms with E-state index in [9.17, 15) is 9.59 Å². The van der Waals surface area contributed by atoms with Crippen molar-refractivity contribution in [3.05, 3.63) is 59.4 Å². The van der Waals surface area contributed by atoms with Crippen molar-refractivity contribution in [1.29, 1.82) is 0 Å². The second-order valence-electron chi connectivity index (χ2n) is 6.89. The number of carbonyl (C=O) groups excluding carboxylic acids is 2. The molecular weight excluding hydrogens is 340 g/mol. The SMILES string of the molecule is CN(C)CCCNC(=O)c1ccc2c3c(ncnc13)-c1ccccc1C2=O. The monoisotopic (exact) mass is 360 g/mol. The van der Waals surface area contributed by atoms with Gasteiger partial charge in [0.15, 0.2) is 5.78 Å². The molecule has 2 aromatic carbocycles. The van der Waals surface area contributed by atoms with Crippen molar-refractivity contribution in [2.75, 3.05) is 27.2 Å². The van der Waals surface area contributed by atoms with Crippen LogP contribution in [0.15, 0.2) is 42.7 Å². The number of hydrogen-bond acceptors (Lipinski definition) is 5. The molecule has 0 atom stereocenters. The van der Waals surface area contributed by atoms with Crippen LogP contribution >= 0.6 is 0 Å². The van der Waals surface area contributed by atoms with Crippen LogP contribution in [0.2, 0.25) is 0 Å². The lowest BCUT2D eigenvalue weighted by atomic mass is 9.86. The van der Waals surface area contributed by atoms with Gasteiger partial charge in [0.2, 0.25) is 0 Å². The number of nitrogens with one attached hydrogen (secondary N) is 1.